The second-order valence-corrected chi connectivity index (χ2v) is 7.18. The molecule has 3 aromatic rings. The van der Waals surface area contributed by atoms with Crippen LogP contribution in [0.25, 0.3) is 22.6 Å². The third kappa shape index (κ3) is 4.28. The average molecular weight is 377 g/mol. The lowest BCUT2D eigenvalue weighted by molar-refractivity contribution is -0.119. The first-order chi connectivity index (χ1) is 13.3. The molecule has 1 aromatic heterocycles. The van der Waals surface area contributed by atoms with Crippen LogP contribution >= 0.6 is 11.8 Å². The van der Waals surface area contributed by atoms with Crippen LogP contribution < -0.4 is 5.32 Å². The van der Waals surface area contributed by atoms with Crippen molar-refractivity contribution in [3.63, 3.8) is 0 Å². The highest BCUT2D eigenvalue weighted by atomic mass is 32.2. The molecule has 0 unspecified atom stereocenters. The zero-order valence-electron chi connectivity index (χ0n) is 14.7. The minimum Gasteiger partial charge on any atom is -0.440 e. The summed E-state index contributed by atoms with van der Waals surface area (Å²) in [6.45, 7) is 0.765. The summed E-state index contributed by atoms with van der Waals surface area (Å²) in [5.41, 5.74) is 2.76. The molecule has 1 aliphatic heterocycles. The number of oxazole rings is 1. The summed E-state index contributed by atoms with van der Waals surface area (Å²) in [6.07, 6.45) is 0.749. The van der Waals surface area contributed by atoms with Gasteiger partial charge >= 0.3 is 0 Å². The van der Waals surface area contributed by atoms with Gasteiger partial charge < -0.3 is 9.73 Å². The van der Waals surface area contributed by atoms with Gasteiger partial charge in [-0.05, 0) is 0 Å². The molecule has 136 valence electrons. The van der Waals surface area contributed by atoms with E-state index in [-0.39, 0.29) is 5.91 Å². The maximum Gasteiger partial charge on any atom is 0.226 e. The van der Waals surface area contributed by atoms with Crippen molar-refractivity contribution >= 4 is 22.8 Å². The minimum absolute atomic E-state index is 0.0659. The van der Waals surface area contributed by atoms with Crippen LogP contribution in [0.2, 0.25) is 0 Å². The van der Waals surface area contributed by atoms with Gasteiger partial charge in [0, 0.05) is 29.7 Å². The molecule has 27 heavy (non-hydrogen) atoms. The number of carbonyl (C=O) groups is 1. The van der Waals surface area contributed by atoms with Crippen molar-refractivity contribution in [2.75, 3.05) is 12.3 Å². The Labute approximate surface area is 161 Å². The van der Waals surface area contributed by atoms with Crippen molar-refractivity contribution in [2.45, 2.75) is 12.8 Å². The molecule has 0 aliphatic carbocycles. The van der Waals surface area contributed by atoms with Crippen LogP contribution in [-0.2, 0) is 11.2 Å². The molecule has 0 radical (unpaired) electrons. The summed E-state index contributed by atoms with van der Waals surface area (Å²) in [4.78, 5) is 21.0. The Balaban J connectivity index is 1.55. The maximum absolute atomic E-state index is 12.1. The molecule has 6 heteroatoms. The molecular formula is C21H19N3O2S. The summed E-state index contributed by atoms with van der Waals surface area (Å²) >= 11 is 1.57. The molecule has 1 aliphatic rings. The molecule has 0 fully saturated rings. The average Bonchev–Trinajstić information content (AvgIpc) is 3.38. The van der Waals surface area contributed by atoms with E-state index in [1.165, 1.54) is 0 Å². The number of benzene rings is 2. The topological polar surface area (TPSA) is 67.5 Å². The van der Waals surface area contributed by atoms with E-state index in [2.05, 4.69) is 15.3 Å². The van der Waals surface area contributed by atoms with Crippen molar-refractivity contribution < 1.29 is 9.21 Å². The van der Waals surface area contributed by atoms with E-state index in [9.17, 15) is 4.79 Å². The van der Waals surface area contributed by atoms with Crippen molar-refractivity contribution in [1.29, 1.82) is 0 Å². The highest BCUT2D eigenvalue weighted by Crippen LogP contribution is 2.32. The first-order valence-corrected chi connectivity index (χ1v) is 9.86. The van der Waals surface area contributed by atoms with Crippen molar-refractivity contribution in [2.24, 2.45) is 4.99 Å². The molecule has 0 bridgehead atoms. The van der Waals surface area contributed by atoms with Crippen LogP contribution in [0.4, 0.5) is 0 Å². The van der Waals surface area contributed by atoms with Crippen molar-refractivity contribution in [3.05, 3.63) is 66.6 Å². The van der Waals surface area contributed by atoms with Crippen LogP contribution in [0.3, 0.4) is 0 Å². The van der Waals surface area contributed by atoms with Gasteiger partial charge in [0.1, 0.15) is 5.69 Å². The number of aliphatic imine (C=N–C) groups is 1. The number of amidine groups is 1. The molecular weight excluding hydrogens is 358 g/mol. The third-order valence-electron chi connectivity index (χ3n) is 4.15. The van der Waals surface area contributed by atoms with E-state index in [0.717, 1.165) is 34.9 Å². The second-order valence-electron chi connectivity index (χ2n) is 6.10. The first-order valence-electron chi connectivity index (χ1n) is 8.87. The van der Waals surface area contributed by atoms with Gasteiger partial charge in [0.25, 0.3) is 0 Å². The molecule has 1 amide bonds. The number of rotatable bonds is 5. The third-order valence-corrected chi connectivity index (χ3v) is 5.04. The fourth-order valence-electron chi connectivity index (χ4n) is 2.86. The van der Waals surface area contributed by atoms with E-state index in [4.69, 9.17) is 4.42 Å². The monoisotopic (exact) mass is 377 g/mol. The number of aromatic nitrogens is 1. The minimum atomic E-state index is -0.0659. The zero-order chi connectivity index (χ0) is 18.5. The Hall–Kier alpha value is -2.86. The highest BCUT2D eigenvalue weighted by molar-refractivity contribution is 8.14. The summed E-state index contributed by atoms with van der Waals surface area (Å²) in [5.74, 6) is 2.15. The van der Waals surface area contributed by atoms with E-state index in [1.54, 1.807) is 11.8 Å². The van der Waals surface area contributed by atoms with Gasteiger partial charge in [-0.3, -0.25) is 9.79 Å². The lowest BCUT2D eigenvalue weighted by atomic mass is 10.1. The van der Waals surface area contributed by atoms with E-state index in [0.29, 0.717) is 23.9 Å². The molecule has 0 spiro atoms. The van der Waals surface area contributed by atoms with Crippen LogP contribution in [0, 0.1) is 0 Å². The van der Waals surface area contributed by atoms with Crippen molar-refractivity contribution in [3.8, 4) is 22.6 Å². The first kappa shape index (κ1) is 17.5. The van der Waals surface area contributed by atoms with Crippen molar-refractivity contribution in [1.82, 2.24) is 10.3 Å². The van der Waals surface area contributed by atoms with Crippen LogP contribution in [0.1, 0.15) is 12.3 Å². The zero-order valence-corrected chi connectivity index (χ0v) is 15.5. The maximum atomic E-state index is 12.1. The molecule has 0 saturated heterocycles. The number of aryl methyl sites for hydroxylation is 1. The summed E-state index contributed by atoms with van der Waals surface area (Å²) in [7, 11) is 0. The largest absolute Gasteiger partial charge is 0.440 e. The lowest BCUT2D eigenvalue weighted by Crippen LogP contribution is -2.27. The van der Waals surface area contributed by atoms with Crippen LogP contribution in [0.15, 0.2) is 70.1 Å². The number of nitrogens with zero attached hydrogens (tertiary/aromatic N) is 2. The Kier molecular flexibility index (Phi) is 5.34. The van der Waals surface area contributed by atoms with E-state index >= 15 is 0 Å². The SMILES string of the molecule is O=C(CCc1nc(-c2ccccc2)c(-c2ccccc2)o1)NC1=NCCS1. The summed E-state index contributed by atoms with van der Waals surface area (Å²) in [6, 6.07) is 19.9. The summed E-state index contributed by atoms with van der Waals surface area (Å²) < 4.78 is 6.05. The Morgan fingerprint density at radius 1 is 1.04 bits per heavy atom. The molecule has 2 aromatic carbocycles. The molecule has 1 N–H and O–H groups in total. The quantitative estimate of drug-likeness (QED) is 0.725. The molecule has 4 rings (SSSR count). The number of hydrogen-bond acceptors (Lipinski definition) is 5. The van der Waals surface area contributed by atoms with Gasteiger partial charge in [-0.15, -0.1) is 0 Å². The normalized spacial score (nSPS) is 13.4. The van der Waals surface area contributed by atoms with Gasteiger partial charge in [0.2, 0.25) is 5.91 Å². The fourth-order valence-corrected chi connectivity index (χ4v) is 3.61. The Morgan fingerprint density at radius 3 is 2.41 bits per heavy atom. The number of hydrogen-bond donors (Lipinski definition) is 1. The predicted octanol–water partition coefficient (Wildman–Crippen LogP) is 4.16. The van der Waals surface area contributed by atoms with Gasteiger partial charge in [-0.1, -0.05) is 72.4 Å². The Morgan fingerprint density at radius 2 is 1.74 bits per heavy atom. The van der Waals surface area contributed by atoms with Gasteiger partial charge in [0.15, 0.2) is 16.8 Å². The van der Waals surface area contributed by atoms with Gasteiger partial charge in [-0.2, -0.15) is 0 Å². The van der Waals surface area contributed by atoms with Crippen LogP contribution in [0.5, 0.6) is 0 Å². The predicted molar refractivity (Wildman–Crippen MR) is 109 cm³/mol. The lowest BCUT2D eigenvalue weighted by Gasteiger charge is -2.02. The molecule has 0 saturated carbocycles. The number of carbonyl (C=O) groups excluding carboxylic acids is 1. The van der Waals surface area contributed by atoms with Gasteiger partial charge in [0.05, 0.1) is 6.54 Å². The smallest absolute Gasteiger partial charge is 0.226 e. The molecule has 5 nitrogen and oxygen atoms in total. The van der Waals surface area contributed by atoms with E-state index in [1.807, 2.05) is 60.7 Å². The number of thioether (sulfide) groups is 1. The molecule has 2 heterocycles. The number of amides is 1. The second kappa shape index (κ2) is 8.22. The van der Waals surface area contributed by atoms with Gasteiger partial charge in [-0.25, -0.2) is 4.98 Å². The van der Waals surface area contributed by atoms with E-state index < -0.39 is 0 Å². The standard InChI is InChI=1S/C21H19N3O2S/c25-17(23-21-22-13-14-27-21)11-12-18-24-19(15-7-3-1-4-8-15)20(26-18)16-9-5-2-6-10-16/h1-10H,11-14H2,(H,22,23,25). The Bertz CT molecular complexity index is 895. The van der Waals surface area contributed by atoms with Crippen LogP contribution in [-0.4, -0.2) is 28.4 Å². The summed E-state index contributed by atoms with van der Waals surface area (Å²) in [5, 5.41) is 3.55. The highest BCUT2D eigenvalue weighted by Gasteiger charge is 2.18. The number of nitrogens with one attached hydrogen (secondary N) is 1. The fraction of sp³-hybridized carbons (Fsp3) is 0.190. The molecule has 0 atom stereocenters.